The van der Waals surface area contributed by atoms with Crippen LogP contribution in [0.2, 0.25) is 0 Å². The molecule has 2 heterocycles. The predicted molar refractivity (Wildman–Crippen MR) is 124 cm³/mol. The highest BCUT2D eigenvalue weighted by atomic mass is 32.2. The Morgan fingerprint density at radius 1 is 1.19 bits per heavy atom. The summed E-state index contributed by atoms with van der Waals surface area (Å²) in [6.07, 6.45) is 3.10. The van der Waals surface area contributed by atoms with Gasteiger partial charge in [0.1, 0.15) is 0 Å². The predicted octanol–water partition coefficient (Wildman–Crippen LogP) is 4.11. The van der Waals surface area contributed by atoms with Crippen molar-refractivity contribution in [3.05, 3.63) is 65.7 Å². The molecule has 0 aliphatic rings. The van der Waals surface area contributed by atoms with Gasteiger partial charge in [0.05, 0.1) is 23.2 Å². The lowest BCUT2D eigenvalue weighted by molar-refractivity contribution is 0.601. The number of hydrogen-bond donors (Lipinski definition) is 2. The van der Waals surface area contributed by atoms with Crippen LogP contribution in [0, 0.1) is 5.82 Å². The monoisotopic (exact) mass is 454 g/mol. The van der Waals surface area contributed by atoms with E-state index in [1.54, 1.807) is 36.2 Å². The smallest absolute Gasteiger partial charge is 0.229 e. The number of anilines is 4. The van der Waals surface area contributed by atoms with Gasteiger partial charge in [0, 0.05) is 30.1 Å². The number of H-pyrrole nitrogens is 1. The number of benzene rings is 2. The van der Waals surface area contributed by atoms with E-state index in [9.17, 15) is 12.8 Å². The summed E-state index contributed by atoms with van der Waals surface area (Å²) in [5.74, 6) is -0.343. The van der Waals surface area contributed by atoms with Crippen LogP contribution in [0.3, 0.4) is 0 Å². The van der Waals surface area contributed by atoms with Crippen LogP contribution in [0.1, 0.15) is 18.2 Å². The molecule has 2 aromatic heterocycles. The fourth-order valence-electron chi connectivity index (χ4n) is 3.49. The molecule has 0 amide bonds. The Labute approximate surface area is 185 Å². The highest BCUT2D eigenvalue weighted by molar-refractivity contribution is 7.89. The van der Waals surface area contributed by atoms with Crippen LogP contribution < -0.4 is 10.2 Å². The Bertz CT molecular complexity index is 1390. The van der Waals surface area contributed by atoms with Crippen LogP contribution in [-0.4, -0.2) is 41.9 Å². The summed E-state index contributed by atoms with van der Waals surface area (Å²) in [5.41, 5.74) is 3.82. The van der Waals surface area contributed by atoms with Gasteiger partial charge in [-0.05, 0) is 42.3 Å². The van der Waals surface area contributed by atoms with Crippen molar-refractivity contribution in [3.8, 4) is 0 Å². The first-order chi connectivity index (χ1) is 15.2. The van der Waals surface area contributed by atoms with E-state index in [-0.39, 0.29) is 17.5 Å². The number of nitrogens with one attached hydrogen (secondary N) is 2. The molecule has 8 nitrogen and oxygen atoms in total. The summed E-state index contributed by atoms with van der Waals surface area (Å²) >= 11 is 0. The van der Waals surface area contributed by atoms with Gasteiger partial charge in [0.25, 0.3) is 0 Å². The highest BCUT2D eigenvalue weighted by Crippen LogP contribution is 2.29. The molecule has 0 saturated carbocycles. The maximum atomic E-state index is 14.6. The van der Waals surface area contributed by atoms with Crippen LogP contribution in [0.4, 0.5) is 27.5 Å². The minimum Gasteiger partial charge on any atom is -0.327 e. The van der Waals surface area contributed by atoms with E-state index in [0.29, 0.717) is 11.3 Å². The van der Waals surface area contributed by atoms with E-state index >= 15 is 0 Å². The van der Waals surface area contributed by atoms with Crippen molar-refractivity contribution >= 4 is 43.9 Å². The van der Waals surface area contributed by atoms with Gasteiger partial charge in [-0.25, -0.2) is 17.8 Å². The molecular weight excluding hydrogens is 431 g/mol. The third-order valence-corrected chi connectivity index (χ3v) is 5.86. The molecule has 0 spiro atoms. The molecule has 0 fully saturated rings. The molecule has 4 rings (SSSR count). The first-order valence-corrected chi connectivity index (χ1v) is 12.1. The zero-order chi connectivity index (χ0) is 22.9. The topological polar surface area (TPSA) is 104 Å². The van der Waals surface area contributed by atoms with Crippen molar-refractivity contribution in [2.24, 2.45) is 0 Å². The molecule has 2 N–H and O–H groups in total. The SMILES string of the molecule is CCc1n[nH]c2cc(N(C)c3nc(Nc4cccc(CS(C)(=O)=O)c4)ncc3F)ccc12. The number of hydrogen-bond acceptors (Lipinski definition) is 7. The summed E-state index contributed by atoms with van der Waals surface area (Å²) in [4.78, 5) is 9.99. The standard InChI is InChI=1S/C22H23FN6O2S/c1-4-19-17-9-8-16(11-20(17)28-27-19)29(2)21-18(23)12-24-22(26-21)25-15-7-5-6-14(10-15)13-32(3,30)31/h5-12H,4,13H2,1-3H3,(H,27,28)(H,24,25,26). The second kappa shape index (κ2) is 8.54. The Kier molecular flexibility index (Phi) is 5.79. The number of rotatable bonds is 7. The van der Waals surface area contributed by atoms with Crippen molar-refractivity contribution in [1.82, 2.24) is 20.2 Å². The van der Waals surface area contributed by atoms with Crippen LogP contribution in [-0.2, 0) is 22.0 Å². The number of halogens is 1. The van der Waals surface area contributed by atoms with Gasteiger partial charge in [-0.1, -0.05) is 19.1 Å². The second-order valence-electron chi connectivity index (χ2n) is 7.57. The minimum atomic E-state index is -3.16. The Morgan fingerprint density at radius 2 is 2.00 bits per heavy atom. The van der Waals surface area contributed by atoms with Crippen LogP contribution in [0.5, 0.6) is 0 Å². The molecule has 0 aliphatic carbocycles. The van der Waals surface area contributed by atoms with E-state index in [2.05, 4.69) is 25.5 Å². The second-order valence-corrected chi connectivity index (χ2v) is 9.71. The number of sulfone groups is 1. The molecule has 0 unspecified atom stereocenters. The van der Waals surface area contributed by atoms with Crippen molar-refractivity contribution in [2.75, 3.05) is 23.5 Å². The average Bonchev–Trinajstić information content (AvgIpc) is 3.16. The van der Waals surface area contributed by atoms with Gasteiger partial charge in [0.2, 0.25) is 5.95 Å². The van der Waals surface area contributed by atoms with Gasteiger partial charge in [-0.3, -0.25) is 5.10 Å². The van der Waals surface area contributed by atoms with E-state index in [4.69, 9.17) is 0 Å². The Balaban J connectivity index is 1.61. The zero-order valence-electron chi connectivity index (χ0n) is 17.9. The van der Waals surface area contributed by atoms with Crippen molar-refractivity contribution in [3.63, 3.8) is 0 Å². The largest absolute Gasteiger partial charge is 0.327 e. The van der Waals surface area contributed by atoms with E-state index in [1.807, 2.05) is 25.1 Å². The van der Waals surface area contributed by atoms with E-state index in [0.717, 1.165) is 34.9 Å². The minimum absolute atomic E-state index is 0.0728. The normalized spacial score (nSPS) is 11.6. The third-order valence-electron chi connectivity index (χ3n) is 5.00. The molecule has 0 atom stereocenters. The summed E-state index contributed by atoms with van der Waals surface area (Å²) in [6, 6.07) is 12.7. The van der Waals surface area contributed by atoms with Crippen molar-refractivity contribution in [2.45, 2.75) is 19.1 Å². The third kappa shape index (κ3) is 4.70. The highest BCUT2D eigenvalue weighted by Gasteiger charge is 2.15. The maximum absolute atomic E-state index is 14.6. The summed E-state index contributed by atoms with van der Waals surface area (Å²) in [7, 11) is -1.44. The van der Waals surface area contributed by atoms with Crippen molar-refractivity contribution in [1.29, 1.82) is 0 Å². The zero-order valence-corrected chi connectivity index (χ0v) is 18.7. The number of fused-ring (bicyclic) bond motifs is 1. The lowest BCUT2D eigenvalue weighted by Gasteiger charge is -2.19. The first kappa shape index (κ1) is 21.7. The van der Waals surface area contributed by atoms with E-state index < -0.39 is 15.7 Å². The molecule has 32 heavy (non-hydrogen) atoms. The number of aromatic nitrogens is 4. The molecule has 2 aromatic carbocycles. The molecule has 4 aromatic rings. The fraction of sp³-hybridized carbons (Fsp3) is 0.227. The molecule has 10 heteroatoms. The summed E-state index contributed by atoms with van der Waals surface area (Å²) in [6.45, 7) is 2.04. The molecule has 0 saturated heterocycles. The van der Waals surface area contributed by atoms with Crippen molar-refractivity contribution < 1.29 is 12.8 Å². The number of aromatic amines is 1. The molecule has 166 valence electrons. The molecule has 0 bridgehead atoms. The Morgan fingerprint density at radius 3 is 2.75 bits per heavy atom. The summed E-state index contributed by atoms with van der Waals surface area (Å²) in [5, 5.41) is 11.4. The van der Waals surface area contributed by atoms with Crippen LogP contribution in [0.25, 0.3) is 10.9 Å². The van der Waals surface area contributed by atoms with Gasteiger partial charge < -0.3 is 10.2 Å². The number of aryl methyl sites for hydroxylation is 1. The Hall–Kier alpha value is -3.53. The van der Waals surface area contributed by atoms with Gasteiger partial charge >= 0.3 is 0 Å². The van der Waals surface area contributed by atoms with Crippen LogP contribution in [0.15, 0.2) is 48.7 Å². The summed E-state index contributed by atoms with van der Waals surface area (Å²) < 4.78 is 37.7. The lowest BCUT2D eigenvalue weighted by Crippen LogP contribution is -2.14. The number of nitrogens with zero attached hydrogens (tertiary/aromatic N) is 4. The van der Waals surface area contributed by atoms with Gasteiger partial charge in [0.15, 0.2) is 21.5 Å². The lowest BCUT2D eigenvalue weighted by atomic mass is 10.1. The molecular formula is C22H23FN6O2S. The molecule has 0 aliphatic heterocycles. The fourth-order valence-corrected chi connectivity index (χ4v) is 4.27. The van der Waals surface area contributed by atoms with Gasteiger partial charge in [-0.15, -0.1) is 0 Å². The quantitative estimate of drug-likeness (QED) is 0.433. The average molecular weight is 455 g/mol. The van der Waals surface area contributed by atoms with Crippen LogP contribution >= 0.6 is 0 Å². The maximum Gasteiger partial charge on any atom is 0.229 e. The van der Waals surface area contributed by atoms with E-state index in [1.165, 1.54) is 6.26 Å². The van der Waals surface area contributed by atoms with Gasteiger partial charge in [-0.2, -0.15) is 10.1 Å². The molecule has 0 radical (unpaired) electrons. The first-order valence-electron chi connectivity index (χ1n) is 10.0.